The van der Waals surface area contributed by atoms with E-state index in [1.54, 1.807) is 6.20 Å². The minimum atomic E-state index is -3.67. The molecule has 2 N–H and O–H groups in total. The molecule has 1 aromatic carbocycles. The van der Waals surface area contributed by atoms with Crippen molar-refractivity contribution in [2.75, 3.05) is 0 Å². The molecule has 30 heavy (non-hydrogen) atoms. The maximum Gasteiger partial charge on any atom is 0.240 e. The third-order valence-electron chi connectivity index (χ3n) is 5.66. The van der Waals surface area contributed by atoms with E-state index in [0.29, 0.717) is 24.1 Å². The second-order valence-corrected chi connectivity index (χ2v) is 9.34. The van der Waals surface area contributed by atoms with Gasteiger partial charge in [-0.1, -0.05) is 12.1 Å². The van der Waals surface area contributed by atoms with Gasteiger partial charge in [0.2, 0.25) is 10.0 Å². The lowest BCUT2D eigenvalue weighted by atomic mass is 10.1. The van der Waals surface area contributed by atoms with Crippen molar-refractivity contribution in [3.05, 3.63) is 54.1 Å². The highest BCUT2D eigenvalue weighted by Crippen LogP contribution is 2.35. The van der Waals surface area contributed by atoms with Gasteiger partial charge < -0.3 is 4.98 Å². The van der Waals surface area contributed by atoms with Gasteiger partial charge in [0.05, 0.1) is 16.6 Å². The van der Waals surface area contributed by atoms with E-state index in [2.05, 4.69) is 24.9 Å². The fourth-order valence-electron chi connectivity index (χ4n) is 4.14. The van der Waals surface area contributed by atoms with Crippen LogP contribution in [-0.2, 0) is 10.0 Å². The highest BCUT2D eigenvalue weighted by Gasteiger charge is 2.32. The number of ketones is 1. The molecule has 1 aliphatic rings. The molecule has 3 heterocycles. The summed E-state index contributed by atoms with van der Waals surface area (Å²) in [7, 11) is -3.67. The number of aromatic nitrogens is 5. The van der Waals surface area contributed by atoms with Crippen molar-refractivity contribution in [3.8, 4) is 0 Å². The van der Waals surface area contributed by atoms with E-state index in [-0.39, 0.29) is 22.6 Å². The summed E-state index contributed by atoms with van der Waals surface area (Å²) in [6.45, 7) is 1.45. The second-order valence-electron chi connectivity index (χ2n) is 7.63. The van der Waals surface area contributed by atoms with E-state index in [0.717, 1.165) is 23.4 Å². The first kappa shape index (κ1) is 18.9. The van der Waals surface area contributed by atoms with E-state index in [1.807, 2.05) is 16.7 Å². The van der Waals surface area contributed by atoms with E-state index < -0.39 is 10.0 Å². The highest BCUT2D eigenvalue weighted by molar-refractivity contribution is 7.89. The Labute approximate surface area is 172 Å². The largest absolute Gasteiger partial charge is 0.345 e. The van der Waals surface area contributed by atoms with Crippen molar-refractivity contribution < 1.29 is 13.2 Å². The average molecular weight is 424 g/mol. The normalized spacial score (nSPS) is 19.6. The van der Waals surface area contributed by atoms with Crippen molar-refractivity contribution in [3.63, 3.8) is 0 Å². The molecule has 0 spiro atoms. The van der Waals surface area contributed by atoms with Gasteiger partial charge in [-0.05, 0) is 44.4 Å². The molecule has 1 aliphatic carbocycles. The monoisotopic (exact) mass is 424 g/mol. The van der Waals surface area contributed by atoms with Crippen LogP contribution in [0.25, 0.3) is 16.8 Å². The van der Waals surface area contributed by atoms with Crippen LogP contribution in [0, 0.1) is 0 Å². The van der Waals surface area contributed by atoms with Crippen LogP contribution in [0.3, 0.4) is 0 Å². The number of hydrogen-bond donors (Lipinski definition) is 2. The third-order valence-corrected chi connectivity index (χ3v) is 7.19. The van der Waals surface area contributed by atoms with Crippen LogP contribution in [0.1, 0.15) is 48.3 Å². The Morgan fingerprint density at radius 3 is 2.73 bits per heavy atom. The summed E-state index contributed by atoms with van der Waals surface area (Å²) in [6.07, 6.45) is 5.66. The summed E-state index contributed by atoms with van der Waals surface area (Å²) in [5.74, 6) is 0.815. The van der Waals surface area contributed by atoms with Crippen molar-refractivity contribution >= 4 is 32.6 Å². The van der Waals surface area contributed by atoms with Gasteiger partial charge in [-0.3, -0.25) is 9.20 Å². The molecule has 5 rings (SSSR count). The average Bonchev–Trinajstić information content (AvgIpc) is 3.45. The topological polar surface area (TPSA) is 122 Å². The lowest BCUT2D eigenvalue weighted by Crippen LogP contribution is -2.33. The van der Waals surface area contributed by atoms with Crippen LogP contribution >= 0.6 is 0 Å². The first-order chi connectivity index (χ1) is 14.4. The minimum absolute atomic E-state index is 0.0910. The molecule has 9 nitrogen and oxygen atoms in total. The maximum absolute atomic E-state index is 12.8. The molecule has 3 aromatic heterocycles. The molecule has 4 aromatic rings. The number of sulfonamides is 1. The van der Waals surface area contributed by atoms with Gasteiger partial charge in [0.15, 0.2) is 17.1 Å². The van der Waals surface area contributed by atoms with Crippen LogP contribution < -0.4 is 4.72 Å². The number of nitrogens with one attached hydrogen (secondary N) is 2. The Bertz CT molecular complexity index is 1360. The molecule has 0 radical (unpaired) electrons. The summed E-state index contributed by atoms with van der Waals surface area (Å²) in [6, 6.07) is 7.74. The molecular weight excluding hydrogens is 404 g/mol. The number of fused-ring (bicyclic) bond motifs is 3. The quantitative estimate of drug-likeness (QED) is 0.475. The number of aromatic amines is 1. The van der Waals surface area contributed by atoms with Gasteiger partial charge in [-0.2, -0.15) is 0 Å². The van der Waals surface area contributed by atoms with Crippen LogP contribution in [0.5, 0.6) is 0 Å². The second kappa shape index (κ2) is 6.99. The Kier molecular flexibility index (Phi) is 4.40. The molecule has 0 amide bonds. The zero-order valence-corrected chi connectivity index (χ0v) is 17.1. The van der Waals surface area contributed by atoms with Crippen molar-refractivity contribution in [2.24, 2.45) is 0 Å². The van der Waals surface area contributed by atoms with Gasteiger partial charge >= 0.3 is 0 Å². The molecular formula is C20H20N6O3S. The Hall–Kier alpha value is -3.11. The first-order valence-corrected chi connectivity index (χ1v) is 11.2. The predicted octanol–water partition coefficient (Wildman–Crippen LogP) is 2.42. The predicted molar refractivity (Wildman–Crippen MR) is 110 cm³/mol. The Morgan fingerprint density at radius 2 is 1.97 bits per heavy atom. The Balaban J connectivity index is 1.37. The smallest absolute Gasteiger partial charge is 0.240 e. The van der Waals surface area contributed by atoms with Crippen LogP contribution in [0.15, 0.2) is 47.6 Å². The van der Waals surface area contributed by atoms with E-state index >= 15 is 0 Å². The molecule has 1 fully saturated rings. The summed E-state index contributed by atoms with van der Waals surface area (Å²) < 4.78 is 30.3. The van der Waals surface area contributed by atoms with Crippen LogP contribution in [0.4, 0.5) is 0 Å². The molecule has 0 aliphatic heterocycles. The fraction of sp³-hybridized carbons (Fsp3) is 0.300. The first-order valence-electron chi connectivity index (χ1n) is 9.73. The molecule has 0 unspecified atom stereocenters. The minimum Gasteiger partial charge on any atom is -0.345 e. The van der Waals surface area contributed by atoms with Gasteiger partial charge in [0.25, 0.3) is 0 Å². The number of benzene rings is 1. The fourth-order valence-corrected chi connectivity index (χ4v) is 5.43. The number of nitrogens with zero attached hydrogens (tertiary/aromatic N) is 4. The molecule has 0 bridgehead atoms. The SMILES string of the molecule is CC(=O)c1ccc(S(=O)(=O)N[C@H]2CC[C@@H](c3nnc4cnc5[nH]ccc5n34)C2)cc1. The lowest BCUT2D eigenvalue weighted by Gasteiger charge is -2.14. The number of carbonyl (C=O) groups excluding carboxylic acids is 1. The van der Waals surface area contributed by atoms with E-state index in [1.165, 1.54) is 31.2 Å². The number of carbonyl (C=O) groups is 1. The maximum atomic E-state index is 12.8. The summed E-state index contributed by atoms with van der Waals surface area (Å²) in [5.41, 5.74) is 2.82. The molecule has 154 valence electrons. The van der Waals surface area contributed by atoms with Gasteiger partial charge in [0, 0.05) is 23.7 Å². The van der Waals surface area contributed by atoms with E-state index in [4.69, 9.17) is 0 Å². The van der Waals surface area contributed by atoms with E-state index in [9.17, 15) is 13.2 Å². The highest BCUT2D eigenvalue weighted by atomic mass is 32.2. The van der Waals surface area contributed by atoms with Gasteiger partial charge in [0.1, 0.15) is 5.82 Å². The number of rotatable bonds is 5. The van der Waals surface area contributed by atoms with Gasteiger partial charge in [-0.15, -0.1) is 10.2 Å². The summed E-state index contributed by atoms with van der Waals surface area (Å²) in [4.78, 5) is 19.0. The molecule has 10 heteroatoms. The summed E-state index contributed by atoms with van der Waals surface area (Å²) in [5, 5.41) is 8.61. The van der Waals surface area contributed by atoms with Crippen molar-refractivity contribution in [2.45, 2.75) is 43.0 Å². The molecule has 2 atom stereocenters. The zero-order chi connectivity index (χ0) is 20.9. The third kappa shape index (κ3) is 3.17. The van der Waals surface area contributed by atoms with Crippen molar-refractivity contribution in [1.82, 2.24) is 29.3 Å². The van der Waals surface area contributed by atoms with Gasteiger partial charge in [-0.25, -0.2) is 18.1 Å². The van der Waals surface area contributed by atoms with Crippen molar-refractivity contribution in [1.29, 1.82) is 0 Å². The number of Topliss-reactive ketones (excluding diaryl/α,β-unsaturated/α-hetero) is 1. The van der Waals surface area contributed by atoms with Crippen LogP contribution in [0.2, 0.25) is 0 Å². The Morgan fingerprint density at radius 1 is 1.17 bits per heavy atom. The number of H-pyrrole nitrogens is 1. The number of hydrogen-bond acceptors (Lipinski definition) is 6. The molecule has 1 saturated carbocycles. The zero-order valence-electron chi connectivity index (χ0n) is 16.2. The lowest BCUT2D eigenvalue weighted by molar-refractivity contribution is 0.101. The molecule has 0 saturated heterocycles. The van der Waals surface area contributed by atoms with Crippen LogP contribution in [-0.4, -0.2) is 44.8 Å². The summed E-state index contributed by atoms with van der Waals surface area (Å²) >= 11 is 0. The standard InChI is InChI=1S/C20H20N6O3S/c1-12(27)13-3-6-16(7-4-13)30(28,29)25-15-5-2-14(10-15)20-24-23-18-11-22-19-17(26(18)20)8-9-21-19/h3-4,6-9,11,14-15,21,25H,2,5,10H2,1H3/t14-,15+/m1/s1.